The Morgan fingerprint density at radius 1 is 0.941 bits per heavy atom. The van der Waals surface area contributed by atoms with Crippen LogP contribution in [0.5, 0.6) is 0 Å². The molecule has 186 valence electrons. The molecular formula is C24H33N3O6S. The molecular weight excluding hydrogens is 458 g/mol. The summed E-state index contributed by atoms with van der Waals surface area (Å²) in [6.07, 6.45) is 3.52. The topological polar surface area (TPSA) is 104 Å². The zero-order valence-corrected chi connectivity index (χ0v) is 20.5. The predicted molar refractivity (Wildman–Crippen MR) is 125 cm³/mol. The fourth-order valence-electron chi connectivity index (χ4n) is 5.07. The molecule has 2 amide bonds. The van der Waals surface area contributed by atoms with Crippen LogP contribution >= 0.6 is 0 Å². The van der Waals surface area contributed by atoms with Crippen LogP contribution in [0, 0.1) is 11.8 Å². The Hall–Kier alpha value is -2.46. The van der Waals surface area contributed by atoms with Crippen molar-refractivity contribution in [1.82, 2.24) is 9.21 Å². The van der Waals surface area contributed by atoms with Gasteiger partial charge in [-0.15, -0.1) is 0 Å². The minimum Gasteiger partial charge on any atom is -0.466 e. The Morgan fingerprint density at radius 3 is 2.12 bits per heavy atom. The number of hydrogen-bond acceptors (Lipinski definition) is 6. The van der Waals surface area contributed by atoms with E-state index in [2.05, 4.69) is 0 Å². The molecule has 3 heterocycles. The van der Waals surface area contributed by atoms with Crippen molar-refractivity contribution in [2.24, 2.45) is 11.8 Å². The van der Waals surface area contributed by atoms with Crippen molar-refractivity contribution in [3.8, 4) is 0 Å². The number of piperidine rings is 2. The average molecular weight is 492 g/mol. The van der Waals surface area contributed by atoms with Gasteiger partial charge in [-0.2, -0.15) is 4.31 Å². The Bertz CT molecular complexity index is 1010. The van der Waals surface area contributed by atoms with Crippen LogP contribution in [0.25, 0.3) is 0 Å². The van der Waals surface area contributed by atoms with Gasteiger partial charge in [0.1, 0.15) is 0 Å². The van der Waals surface area contributed by atoms with Gasteiger partial charge in [-0.05, 0) is 63.3 Å². The van der Waals surface area contributed by atoms with E-state index in [1.54, 1.807) is 36.1 Å². The highest BCUT2D eigenvalue weighted by molar-refractivity contribution is 7.89. The summed E-state index contributed by atoms with van der Waals surface area (Å²) >= 11 is 0. The standard InChI is InChI=1S/C24H33N3O6S/c1-2-33-24(30)19-9-14-25(15-10-19)23(29)18-11-16-26(17-12-18)34(31,32)21-7-5-20(6-8-21)27-13-3-4-22(27)28/h5-8,18-19H,2-4,9-17H2,1H3. The van der Waals surface area contributed by atoms with Crippen molar-refractivity contribution in [3.63, 3.8) is 0 Å². The van der Waals surface area contributed by atoms with Crippen LogP contribution in [0.2, 0.25) is 0 Å². The molecule has 0 N–H and O–H groups in total. The first-order chi connectivity index (χ1) is 16.3. The van der Waals surface area contributed by atoms with Crippen molar-refractivity contribution in [2.75, 3.05) is 44.2 Å². The lowest BCUT2D eigenvalue weighted by Crippen LogP contribution is -2.47. The van der Waals surface area contributed by atoms with Crippen molar-refractivity contribution >= 4 is 33.5 Å². The van der Waals surface area contributed by atoms with Gasteiger partial charge in [0.2, 0.25) is 21.8 Å². The number of esters is 1. The largest absolute Gasteiger partial charge is 0.466 e. The maximum atomic E-state index is 13.1. The zero-order chi connectivity index (χ0) is 24.3. The van der Waals surface area contributed by atoms with Crippen molar-refractivity contribution in [3.05, 3.63) is 24.3 Å². The second kappa shape index (κ2) is 10.4. The number of likely N-dealkylation sites (tertiary alicyclic amines) is 1. The van der Waals surface area contributed by atoms with Crippen LogP contribution in [0.3, 0.4) is 0 Å². The van der Waals surface area contributed by atoms with Crippen LogP contribution in [-0.2, 0) is 29.1 Å². The molecule has 1 aromatic rings. The van der Waals surface area contributed by atoms with Crippen molar-refractivity contribution < 1.29 is 27.5 Å². The number of nitrogens with zero attached hydrogens (tertiary/aromatic N) is 3. The number of rotatable bonds is 6. The summed E-state index contributed by atoms with van der Waals surface area (Å²) in [6, 6.07) is 6.49. The van der Waals surface area contributed by atoms with E-state index in [-0.39, 0.29) is 34.5 Å². The van der Waals surface area contributed by atoms with Gasteiger partial charge < -0.3 is 14.5 Å². The molecule has 0 unspecified atom stereocenters. The minimum atomic E-state index is -3.66. The molecule has 34 heavy (non-hydrogen) atoms. The summed E-state index contributed by atoms with van der Waals surface area (Å²) in [6.45, 7) is 4.47. The Balaban J connectivity index is 1.30. The molecule has 3 aliphatic heterocycles. The monoisotopic (exact) mass is 491 g/mol. The number of amides is 2. The average Bonchev–Trinajstić information content (AvgIpc) is 3.30. The van der Waals surface area contributed by atoms with E-state index in [9.17, 15) is 22.8 Å². The summed E-state index contributed by atoms with van der Waals surface area (Å²) in [5.41, 5.74) is 0.720. The van der Waals surface area contributed by atoms with E-state index in [4.69, 9.17) is 4.74 Å². The van der Waals surface area contributed by atoms with Gasteiger partial charge in [0.25, 0.3) is 0 Å². The SMILES string of the molecule is CCOC(=O)C1CCN(C(=O)C2CCN(S(=O)(=O)c3ccc(N4CCCC4=O)cc3)CC2)CC1. The van der Waals surface area contributed by atoms with E-state index in [1.807, 2.05) is 4.90 Å². The predicted octanol–water partition coefficient (Wildman–Crippen LogP) is 2.02. The van der Waals surface area contributed by atoms with Crippen LogP contribution in [-0.4, -0.2) is 74.7 Å². The lowest BCUT2D eigenvalue weighted by Gasteiger charge is -2.36. The lowest BCUT2D eigenvalue weighted by atomic mass is 9.92. The van der Waals surface area contributed by atoms with Gasteiger partial charge >= 0.3 is 5.97 Å². The molecule has 0 atom stereocenters. The summed E-state index contributed by atoms with van der Waals surface area (Å²) in [5.74, 6) is -0.417. The third kappa shape index (κ3) is 5.12. The molecule has 0 saturated carbocycles. The van der Waals surface area contributed by atoms with E-state index in [0.717, 1.165) is 12.1 Å². The fourth-order valence-corrected chi connectivity index (χ4v) is 6.53. The lowest BCUT2D eigenvalue weighted by molar-refractivity contribution is -0.152. The summed E-state index contributed by atoms with van der Waals surface area (Å²) in [4.78, 5) is 40.5. The Morgan fingerprint density at radius 2 is 1.56 bits per heavy atom. The molecule has 3 saturated heterocycles. The first kappa shape index (κ1) is 24.7. The number of carbonyl (C=O) groups excluding carboxylic acids is 3. The van der Waals surface area contributed by atoms with Gasteiger partial charge in [-0.1, -0.05) is 0 Å². The third-order valence-corrected chi connectivity index (χ3v) is 9.00. The van der Waals surface area contributed by atoms with Gasteiger partial charge in [0, 0.05) is 50.7 Å². The molecule has 1 aromatic carbocycles. The van der Waals surface area contributed by atoms with E-state index in [1.165, 1.54) is 4.31 Å². The molecule has 9 nitrogen and oxygen atoms in total. The molecule has 0 spiro atoms. The summed E-state index contributed by atoms with van der Waals surface area (Å²) in [7, 11) is -3.66. The second-order valence-electron chi connectivity index (χ2n) is 9.17. The van der Waals surface area contributed by atoms with Crippen LogP contribution in [0.15, 0.2) is 29.2 Å². The molecule has 10 heteroatoms. The van der Waals surface area contributed by atoms with Crippen LogP contribution in [0.1, 0.15) is 45.4 Å². The van der Waals surface area contributed by atoms with E-state index in [0.29, 0.717) is 71.4 Å². The number of benzene rings is 1. The van der Waals surface area contributed by atoms with Crippen molar-refractivity contribution in [1.29, 1.82) is 0 Å². The first-order valence-corrected chi connectivity index (χ1v) is 13.6. The van der Waals surface area contributed by atoms with Gasteiger partial charge in [-0.25, -0.2) is 8.42 Å². The molecule has 0 aliphatic carbocycles. The van der Waals surface area contributed by atoms with E-state index < -0.39 is 10.0 Å². The molecule has 3 aliphatic rings. The number of anilines is 1. The Labute approximate surface area is 201 Å². The number of ether oxygens (including phenoxy) is 1. The first-order valence-electron chi connectivity index (χ1n) is 12.2. The quantitative estimate of drug-likeness (QED) is 0.564. The molecule has 0 radical (unpaired) electrons. The number of hydrogen-bond donors (Lipinski definition) is 0. The minimum absolute atomic E-state index is 0.0546. The zero-order valence-electron chi connectivity index (χ0n) is 19.6. The number of carbonyl (C=O) groups is 3. The van der Waals surface area contributed by atoms with Crippen molar-refractivity contribution in [2.45, 2.75) is 50.3 Å². The molecule has 3 fully saturated rings. The van der Waals surface area contributed by atoms with Gasteiger partial charge in [-0.3, -0.25) is 14.4 Å². The Kier molecular flexibility index (Phi) is 7.57. The highest BCUT2D eigenvalue weighted by atomic mass is 32.2. The van der Waals surface area contributed by atoms with E-state index >= 15 is 0 Å². The summed E-state index contributed by atoms with van der Waals surface area (Å²) in [5, 5.41) is 0. The highest BCUT2D eigenvalue weighted by Gasteiger charge is 2.36. The third-order valence-electron chi connectivity index (χ3n) is 7.09. The smallest absolute Gasteiger partial charge is 0.309 e. The van der Waals surface area contributed by atoms with Gasteiger partial charge in [0.15, 0.2) is 0 Å². The molecule has 0 aromatic heterocycles. The molecule has 4 rings (SSSR count). The maximum Gasteiger partial charge on any atom is 0.309 e. The number of sulfonamides is 1. The van der Waals surface area contributed by atoms with Gasteiger partial charge in [0.05, 0.1) is 17.4 Å². The second-order valence-corrected chi connectivity index (χ2v) is 11.1. The summed E-state index contributed by atoms with van der Waals surface area (Å²) < 4.78 is 32.8. The maximum absolute atomic E-state index is 13.1. The highest BCUT2D eigenvalue weighted by Crippen LogP contribution is 2.29. The molecule has 0 bridgehead atoms. The fraction of sp³-hybridized carbons (Fsp3) is 0.625. The van der Waals surface area contributed by atoms with Crippen LogP contribution < -0.4 is 4.90 Å². The van der Waals surface area contributed by atoms with Crippen LogP contribution in [0.4, 0.5) is 5.69 Å². The normalized spacial score (nSPS) is 21.1.